The van der Waals surface area contributed by atoms with Crippen LogP contribution in [0, 0.1) is 17.8 Å². The fourth-order valence-electron chi connectivity index (χ4n) is 4.72. The number of amides is 2. The van der Waals surface area contributed by atoms with Crippen molar-refractivity contribution in [3.63, 3.8) is 0 Å². The van der Waals surface area contributed by atoms with Crippen LogP contribution in [-0.4, -0.2) is 35.3 Å². The first-order valence-corrected chi connectivity index (χ1v) is 8.43. The van der Waals surface area contributed by atoms with Crippen molar-refractivity contribution < 1.29 is 9.59 Å². The van der Waals surface area contributed by atoms with Crippen LogP contribution in [0.2, 0.25) is 0 Å². The van der Waals surface area contributed by atoms with Crippen LogP contribution in [0.15, 0.2) is 0 Å². The lowest BCUT2D eigenvalue weighted by Gasteiger charge is -2.45. The zero-order valence-electron chi connectivity index (χ0n) is 12.7. The predicted octanol–water partition coefficient (Wildman–Crippen LogP) is 1.01. The van der Waals surface area contributed by atoms with Gasteiger partial charge in [0.05, 0.1) is 0 Å². The molecule has 3 fully saturated rings. The molecular formula is C16H27N3O2. The molecule has 3 atom stereocenters. The zero-order valence-corrected chi connectivity index (χ0v) is 12.7. The fourth-order valence-corrected chi connectivity index (χ4v) is 4.72. The Kier molecular flexibility index (Phi) is 4.20. The van der Waals surface area contributed by atoms with Crippen LogP contribution < -0.4 is 11.5 Å². The van der Waals surface area contributed by atoms with Crippen molar-refractivity contribution in [2.24, 2.45) is 29.2 Å². The Morgan fingerprint density at radius 1 is 0.952 bits per heavy atom. The molecule has 3 unspecified atom stereocenters. The average molecular weight is 293 g/mol. The molecule has 2 bridgehead atoms. The van der Waals surface area contributed by atoms with Crippen LogP contribution >= 0.6 is 0 Å². The van der Waals surface area contributed by atoms with E-state index in [1.54, 1.807) is 4.90 Å². The molecule has 0 aromatic heterocycles. The first-order valence-electron chi connectivity index (χ1n) is 8.43. The summed E-state index contributed by atoms with van der Waals surface area (Å²) in [6.45, 7) is 0.685. The Labute approximate surface area is 126 Å². The molecule has 0 aromatic rings. The van der Waals surface area contributed by atoms with Crippen molar-refractivity contribution in [3.8, 4) is 0 Å². The van der Waals surface area contributed by atoms with Gasteiger partial charge in [0, 0.05) is 18.5 Å². The summed E-state index contributed by atoms with van der Waals surface area (Å²) in [4.78, 5) is 26.3. The molecule has 2 amide bonds. The van der Waals surface area contributed by atoms with Gasteiger partial charge >= 0.3 is 0 Å². The highest BCUT2D eigenvalue weighted by Crippen LogP contribution is 2.42. The second-order valence-electron chi connectivity index (χ2n) is 7.14. The first kappa shape index (κ1) is 14.8. The molecule has 2 saturated carbocycles. The Morgan fingerprint density at radius 2 is 1.62 bits per heavy atom. The molecular weight excluding hydrogens is 266 g/mol. The Morgan fingerprint density at radius 3 is 2.24 bits per heavy atom. The molecule has 5 heteroatoms. The third kappa shape index (κ3) is 2.80. The van der Waals surface area contributed by atoms with E-state index in [4.69, 9.17) is 11.5 Å². The number of primary amides is 1. The van der Waals surface area contributed by atoms with Gasteiger partial charge in [0.2, 0.25) is 11.8 Å². The van der Waals surface area contributed by atoms with E-state index in [0.717, 1.165) is 44.9 Å². The van der Waals surface area contributed by atoms with E-state index in [0.29, 0.717) is 18.4 Å². The maximum absolute atomic E-state index is 12.9. The molecule has 1 aliphatic heterocycles. The Balaban J connectivity index is 1.71. The minimum atomic E-state index is -0.387. The van der Waals surface area contributed by atoms with Gasteiger partial charge in [0.1, 0.15) is 6.04 Å². The third-order valence-corrected chi connectivity index (χ3v) is 5.88. The molecule has 1 saturated heterocycles. The minimum Gasteiger partial charge on any atom is -0.368 e. The van der Waals surface area contributed by atoms with E-state index in [1.165, 1.54) is 6.42 Å². The lowest BCUT2D eigenvalue weighted by molar-refractivity contribution is -0.146. The number of piperidine rings is 1. The second kappa shape index (κ2) is 5.95. The van der Waals surface area contributed by atoms with Crippen LogP contribution in [0.1, 0.15) is 51.4 Å². The average Bonchev–Trinajstić information content (AvgIpc) is 2.46. The summed E-state index contributed by atoms with van der Waals surface area (Å²) < 4.78 is 0. The first-order chi connectivity index (χ1) is 10.1. The highest BCUT2D eigenvalue weighted by Gasteiger charge is 2.43. The molecule has 1 heterocycles. The topological polar surface area (TPSA) is 89.4 Å². The van der Waals surface area contributed by atoms with Crippen molar-refractivity contribution in [1.29, 1.82) is 0 Å². The lowest BCUT2D eigenvalue weighted by Crippen LogP contribution is -2.55. The SMILES string of the molecule is NC(=O)C1CCCCN1C(=O)C1CC2CCCC(C1)C2N. The van der Waals surface area contributed by atoms with Gasteiger partial charge in [-0.05, 0) is 56.8 Å². The second-order valence-corrected chi connectivity index (χ2v) is 7.14. The molecule has 5 nitrogen and oxygen atoms in total. The largest absolute Gasteiger partial charge is 0.368 e. The lowest BCUT2D eigenvalue weighted by atomic mass is 9.64. The van der Waals surface area contributed by atoms with Crippen LogP contribution in [-0.2, 0) is 9.59 Å². The number of fused-ring (bicyclic) bond motifs is 2. The molecule has 0 spiro atoms. The summed E-state index contributed by atoms with van der Waals surface area (Å²) in [6.07, 6.45) is 8.04. The van der Waals surface area contributed by atoms with Gasteiger partial charge in [-0.2, -0.15) is 0 Å². The highest BCUT2D eigenvalue weighted by atomic mass is 16.2. The number of likely N-dealkylation sites (tertiary alicyclic amines) is 1. The maximum atomic E-state index is 12.9. The normalized spacial score (nSPS) is 39.9. The van der Waals surface area contributed by atoms with Crippen LogP contribution in [0.4, 0.5) is 0 Å². The summed E-state index contributed by atoms with van der Waals surface area (Å²) in [5, 5.41) is 0. The van der Waals surface area contributed by atoms with Crippen LogP contribution in [0.5, 0.6) is 0 Å². The monoisotopic (exact) mass is 293 g/mol. The van der Waals surface area contributed by atoms with Gasteiger partial charge < -0.3 is 16.4 Å². The van der Waals surface area contributed by atoms with Gasteiger partial charge in [0.25, 0.3) is 0 Å². The molecule has 118 valence electrons. The number of carbonyl (C=O) groups excluding carboxylic acids is 2. The third-order valence-electron chi connectivity index (χ3n) is 5.88. The molecule has 3 aliphatic rings. The van der Waals surface area contributed by atoms with E-state index in [1.807, 2.05) is 0 Å². The van der Waals surface area contributed by atoms with E-state index in [-0.39, 0.29) is 29.8 Å². The molecule has 0 aromatic carbocycles. The van der Waals surface area contributed by atoms with Gasteiger partial charge in [-0.15, -0.1) is 0 Å². The zero-order chi connectivity index (χ0) is 15.0. The van der Waals surface area contributed by atoms with Gasteiger partial charge in [-0.1, -0.05) is 6.42 Å². The number of nitrogens with zero attached hydrogens (tertiary/aromatic N) is 1. The summed E-state index contributed by atoms with van der Waals surface area (Å²) in [5.74, 6) is 0.838. The van der Waals surface area contributed by atoms with E-state index in [9.17, 15) is 9.59 Å². The van der Waals surface area contributed by atoms with Gasteiger partial charge in [-0.3, -0.25) is 9.59 Å². The highest BCUT2D eigenvalue weighted by molar-refractivity contribution is 5.88. The van der Waals surface area contributed by atoms with Crippen molar-refractivity contribution in [3.05, 3.63) is 0 Å². The van der Waals surface area contributed by atoms with Gasteiger partial charge in [0.15, 0.2) is 0 Å². The maximum Gasteiger partial charge on any atom is 0.240 e. The van der Waals surface area contributed by atoms with Crippen molar-refractivity contribution in [1.82, 2.24) is 4.90 Å². The Hall–Kier alpha value is -1.10. The molecule has 0 radical (unpaired) electrons. The number of nitrogens with two attached hydrogens (primary N) is 2. The number of carbonyl (C=O) groups is 2. The van der Waals surface area contributed by atoms with Crippen molar-refractivity contribution >= 4 is 11.8 Å². The summed E-state index contributed by atoms with van der Waals surface area (Å²) >= 11 is 0. The fraction of sp³-hybridized carbons (Fsp3) is 0.875. The quantitative estimate of drug-likeness (QED) is 0.796. The number of hydrogen-bond acceptors (Lipinski definition) is 3. The van der Waals surface area contributed by atoms with Gasteiger partial charge in [-0.25, -0.2) is 0 Å². The molecule has 4 N–H and O–H groups in total. The standard InChI is InChI=1S/C16H27N3O2/c17-14-10-4-3-5-11(14)9-12(8-10)16(21)19-7-2-1-6-13(19)15(18)20/h10-14H,1-9,17H2,(H2,18,20). The predicted molar refractivity (Wildman–Crippen MR) is 80.1 cm³/mol. The Bertz CT molecular complexity index is 412. The summed E-state index contributed by atoms with van der Waals surface area (Å²) in [5.41, 5.74) is 11.8. The number of hydrogen-bond donors (Lipinski definition) is 2. The van der Waals surface area contributed by atoms with E-state index < -0.39 is 0 Å². The van der Waals surface area contributed by atoms with E-state index >= 15 is 0 Å². The molecule has 21 heavy (non-hydrogen) atoms. The van der Waals surface area contributed by atoms with E-state index in [2.05, 4.69) is 0 Å². The minimum absolute atomic E-state index is 0.0556. The summed E-state index contributed by atoms with van der Waals surface area (Å²) in [7, 11) is 0. The number of rotatable bonds is 2. The van der Waals surface area contributed by atoms with Crippen molar-refractivity contribution in [2.45, 2.75) is 63.5 Å². The van der Waals surface area contributed by atoms with Crippen LogP contribution in [0.3, 0.4) is 0 Å². The molecule has 3 rings (SSSR count). The van der Waals surface area contributed by atoms with Crippen molar-refractivity contribution in [2.75, 3.05) is 6.54 Å². The van der Waals surface area contributed by atoms with Crippen LogP contribution in [0.25, 0.3) is 0 Å². The smallest absolute Gasteiger partial charge is 0.240 e. The summed E-state index contributed by atoms with van der Waals surface area (Å²) in [6, 6.07) is -0.113. The molecule has 2 aliphatic carbocycles.